The van der Waals surface area contributed by atoms with Gasteiger partial charge < -0.3 is 0 Å². The molecule has 11 heavy (non-hydrogen) atoms. The van der Waals surface area contributed by atoms with E-state index in [2.05, 4.69) is 4.99 Å². The Morgan fingerprint density at radius 2 is 2.36 bits per heavy atom. The van der Waals surface area contributed by atoms with Gasteiger partial charge in [-0.25, -0.2) is 0 Å². The van der Waals surface area contributed by atoms with Gasteiger partial charge in [0.2, 0.25) is 5.50 Å². The predicted molar refractivity (Wildman–Crippen MR) is 42.9 cm³/mol. The fraction of sp³-hybridized carbons (Fsp3) is 0.400. The van der Waals surface area contributed by atoms with Crippen LogP contribution in [0.3, 0.4) is 0 Å². The molecule has 1 rings (SSSR count). The summed E-state index contributed by atoms with van der Waals surface area (Å²) in [4.78, 5) is 11.5. The standard InChI is InChI=1S/C5H4Cl2N2O2/c6-4-5(7,9(10)11)2-1-3-8-4/h1-4H. The Kier molecular flexibility index (Phi) is 2.15. The Hall–Kier alpha value is -0.610. The van der Waals surface area contributed by atoms with Gasteiger partial charge in [-0.05, 0) is 17.7 Å². The van der Waals surface area contributed by atoms with E-state index in [0.29, 0.717) is 0 Å². The van der Waals surface area contributed by atoms with Crippen molar-refractivity contribution in [3.05, 3.63) is 22.3 Å². The normalized spacial score (nSPS) is 35.6. The first kappa shape index (κ1) is 8.49. The minimum absolute atomic E-state index is 0.667. The van der Waals surface area contributed by atoms with Gasteiger partial charge in [-0.15, -0.1) is 0 Å². The number of hydrogen-bond donors (Lipinski definition) is 0. The molecule has 1 heterocycles. The number of alkyl halides is 2. The van der Waals surface area contributed by atoms with Crippen LogP contribution in [0.25, 0.3) is 0 Å². The molecule has 2 unspecified atom stereocenters. The maximum atomic E-state index is 10.4. The van der Waals surface area contributed by atoms with Gasteiger partial charge in [-0.3, -0.25) is 15.1 Å². The molecule has 0 aromatic carbocycles. The van der Waals surface area contributed by atoms with Crippen LogP contribution in [0.4, 0.5) is 0 Å². The van der Waals surface area contributed by atoms with E-state index < -0.39 is 15.4 Å². The van der Waals surface area contributed by atoms with E-state index in [1.807, 2.05) is 0 Å². The third kappa shape index (κ3) is 1.36. The van der Waals surface area contributed by atoms with Crippen LogP contribution < -0.4 is 0 Å². The second kappa shape index (κ2) is 2.79. The lowest BCUT2D eigenvalue weighted by Crippen LogP contribution is -2.39. The van der Waals surface area contributed by atoms with Gasteiger partial charge in [0.05, 0.1) is 4.92 Å². The van der Waals surface area contributed by atoms with Gasteiger partial charge in [-0.2, -0.15) is 0 Å². The van der Waals surface area contributed by atoms with Crippen molar-refractivity contribution in [2.45, 2.75) is 10.5 Å². The summed E-state index contributed by atoms with van der Waals surface area (Å²) >= 11 is 11.0. The number of rotatable bonds is 1. The maximum Gasteiger partial charge on any atom is 0.349 e. The number of allylic oxidation sites excluding steroid dienone is 1. The van der Waals surface area contributed by atoms with Gasteiger partial charge in [0.25, 0.3) is 0 Å². The fourth-order valence-electron chi connectivity index (χ4n) is 0.635. The summed E-state index contributed by atoms with van der Waals surface area (Å²) in [6.45, 7) is 0. The first-order valence-corrected chi connectivity index (χ1v) is 3.57. The van der Waals surface area contributed by atoms with E-state index in [-0.39, 0.29) is 0 Å². The molecule has 4 nitrogen and oxygen atoms in total. The van der Waals surface area contributed by atoms with Crippen LogP contribution >= 0.6 is 23.2 Å². The molecule has 60 valence electrons. The van der Waals surface area contributed by atoms with Crippen molar-refractivity contribution in [1.29, 1.82) is 0 Å². The fourth-order valence-corrected chi connectivity index (χ4v) is 0.982. The molecule has 0 spiro atoms. The number of halogens is 2. The average molecular weight is 195 g/mol. The largest absolute Gasteiger partial charge is 0.349 e. The van der Waals surface area contributed by atoms with Crippen molar-refractivity contribution < 1.29 is 4.92 Å². The number of hydrogen-bond acceptors (Lipinski definition) is 3. The van der Waals surface area contributed by atoms with Crippen molar-refractivity contribution in [3.8, 4) is 0 Å². The average Bonchev–Trinajstić information content (AvgIpc) is 1.95. The zero-order valence-electron chi connectivity index (χ0n) is 5.28. The molecule has 0 bridgehead atoms. The summed E-state index contributed by atoms with van der Waals surface area (Å²) in [5, 5.41) is 10.4. The quantitative estimate of drug-likeness (QED) is 0.275. The van der Waals surface area contributed by atoms with E-state index in [1.165, 1.54) is 18.4 Å². The van der Waals surface area contributed by atoms with Gasteiger partial charge in [-0.1, -0.05) is 11.6 Å². The van der Waals surface area contributed by atoms with Crippen LogP contribution in [0.5, 0.6) is 0 Å². The Morgan fingerprint density at radius 3 is 2.73 bits per heavy atom. The SMILES string of the molecule is O=[N+]([O-])C1(Cl)C=CC=NC1Cl. The number of aliphatic imine (C=N–C) groups is 1. The predicted octanol–water partition coefficient (Wildman–Crippen LogP) is 1.40. The second-order valence-electron chi connectivity index (χ2n) is 1.98. The van der Waals surface area contributed by atoms with Crippen LogP contribution in [-0.4, -0.2) is 21.6 Å². The number of nitrogens with zero attached hydrogens (tertiary/aromatic N) is 2. The van der Waals surface area contributed by atoms with Gasteiger partial charge in [0.1, 0.15) is 0 Å². The highest BCUT2D eigenvalue weighted by Gasteiger charge is 2.46. The van der Waals surface area contributed by atoms with Crippen LogP contribution in [0.1, 0.15) is 0 Å². The topological polar surface area (TPSA) is 55.5 Å². The molecule has 0 amide bonds. The highest BCUT2D eigenvalue weighted by Crippen LogP contribution is 2.29. The number of nitro groups is 1. The van der Waals surface area contributed by atoms with Crippen molar-refractivity contribution in [3.63, 3.8) is 0 Å². The summed E-state index contributed by atoms with van der Waals surface area (Å²) in [6.07, 6.45) is 3.98. The maximum absolute atomic E-state index is 10.4. The van der Waals surface area contributed by atoms with E-state index in [1.54, 1.807) is 0 Å². The molecule has 0 N–H and O–H groups in total. The van der Waals surface area contributed by atoms with E-state index in [0.717, 1.165) is 0 Å². The highest BCUT2D eigenvalue weighted by atomic mass is 35.5. The summed E-state index contributed by atoms with van der Waals surface area (Å²) in [5.41, 5.74) is -1.04. The first-order chi connectivity index (χ1) is 5.07. The van der Waals surface area contributed by atoms with Crippen molar-refractivity contribution in [2.75, 3.05) is 0 Å². The lowest BCUT2D eigenvalue weighted by molar-refractivity contribution is -0.527. The summed E-state index contributed by atoms with van der Waals surface area (Å²) in [6, 6.07) is 0. The zero-order chi connectivity index (χ0) is 8.48. The molecule has 0 saturated carbocycles. The zero-order valence-corrected chi connectivity index (χ0v) is 6.79. The first-order valence-electron chi connectivity index (χ1n) is 2.76. The van der Waals surface area contributed by atoms with Gasteiger partial charge >= 0.3 is 5.00 Å². The lowest BCUT2D eigenvalue weighted by atomic mass is 10.2. The second-order valence-corrected chi connectivity index (χ2v) is 3.00. The molecular formula is C5H4Cl2N2O2. The molecule has 1 aliphatic heterocycles. The van der Waals surface area contributed by atoms with E-state index >= 15 is 0 Å². The highest BCUT2D eigenvalue weighted by molar-refractivity contribution is 6.33. The molecule has 1 aliphatic rings. The third-order valence-corrected chi connectivity index (χ3v) is 2.27. The minimum atomic E-state index is -1.78. The Morgan fingerprint density at radius 1 is 1.73 bits per heavy atom. The molecule has 2 atom stereocenters. The molecule has 0 aromatic rings. The van der Waals surface area contributed by atoms with E-state index in [4.69, 9.17) is 23.2 Å². The summed E-state index contributed by atoms with van der Waals surface area (Å²) < 4.78 is 0. The van der Waals surface area contributed by atoms with Crippen LogP contribution in [0.15, 0.2) is 17.1 Å². The van der Waals surface area contributed by atoms with Crippen LogP contribution in [0.2, 0.25) is 0 Å². The van der Waals surface area contributed by atoms with E-state index in [9.17, 15) is 10.1 Å². The molecule has 0 radical (unpaired) electrons. The summed E-state index contributed by atoms with van der Waals surface area (Å²) in [5.74, 6) is 0. The Balaban J connectivity index is 2.94. The van der Waals surface area contributed by atoms with Crippen molar-refractivity contribution in [1.82, 2.24) is 0 Å². The molecule has 0 aromatic heterocycles. The van der Waals surface area contributed by atoms with Gasteiger partial charge in [0.15, 0.2) is 0 Å². The molecule has 0 aliphatic carbocycles. The van der Waals surface area contributed by atoms with Crippen LogP contribution in [0, 0.1) is 10.1 Å². The van der Waals surface area contributed by atoms with Gasteiger partial charge in [0, 0.05) is 12.3 Å². The van der Waals surface area contributed by atoms with Crippen molar-refractivity contribution in [2.24, 2.45) is 4.99 Å². The Labute approximate surface area is 72.7 Å². The molecule has 6 heteroatoms. The minimum Gasteiger partial charge on any atom is -0.264 e. The van der Waals surface area contributed by atoms with Crippen molar-refractivity contribution >= 4 is 29.4 Å². The number of dihydropyridines is 1. The van der Waals surface area contributed by atoms with Crippen LogP contribution in [-0.2, 0) is 0 Å². The Bertz CT molecular complexity index is 241. The summed E-state index contributed by atoms with van der Waals surface area (Å²) in [7, 11) is 0. The molecule has 0 saturated heterocycles. The lowest BCUT2D eigenvalue weighted by Gasteiger charge is -2.18. The smallest absolute Gasteiger partial charge is 0.264 e. The monoisotopic (exact) mass is 194 g/mol. The third-order valence-electron chi connectivity index (χ3n) is 1.25. The molecular weight excluding hydrogens is 191 g/mol. The molecule has 0 fully saturated rings.